The maximum absolute atomic E-state index is 13.7. The molecule has 1 aliphatic heterocycles. The minimum atomic E-state index is -1.91. The summed E-state index contributed by atoms with van der Waals surface area (Å²) in [5.41, 5.74) is 12.4. The number of phenols is 2. The van der Waals surface area contributed by atoms with Gasteiger partial charge in [0.15, 0.2) is 51.8 Å². The number of benzene rings is 4. The summed E-state index contributed by atoms with van der Waals surface area (Å²) < 4.78 is 72.5. The smallest absolute Gasteiger partial charge is 0.349 e. The highest BCUT2D eigenvalue weighted by molar-refractivity contribution is 6.10. The lowest BCUT2D eigenvalue weighted by atomic mass is 9.99. The number of aliphatic carboxylic acids is 7. The number of unbranched alkanes of at least 4 members (excludes halogenated alkanes) is 4. The number of aromatic hydroxyl groups is 2. The van der Waals surface area contributed by atoms with Crippen molar-refractivity contribution in [2.24, 2.45) is 20.5 Å². The third-order valence-corrected chi connectivity index (χ3v) is 12.2. The number of amides is 2. The number of phenolic OH excluding ortho intramolecular Hbond substituents is 2. The van der Waals surface area contributed by atoms with Crippen LogP contribution in [0.25, 0.3) is 31.9 Å². The summed E-state index contributed by atoms with van der Waals surface area (Å²) in [7, 11) is 0. The maximum atomic E-state index is 13.7. The predicted octanol–water partition coefficient (Wildman–Crippen LogP) is 10.7. The quantitative estimate of drug-likeness (QED) is 0.00234. The first-order valence-electron chi connectivity index (χ1n) is 29.1. The van der Waals surface area contributed by atoms with E-state index in [0.29, 0.717) is 36.8 Å². The molecule has 0 bridgehead atoms. The monoisotopic (exact) mass is 1410 g/mol. The third kappa shape index (κ3) is 35.3. The van der Waals surface area contributed by atoms with E-state index in [1.807, 2.05) is 12.8 Å². The van der Waals surface area contributed by atoms with Crippen molar-refractivity contribution in [2.45, 2.75) is 122 Å². The van der Waals surface area contributed by atoms with Crippen molar-refractivity contribution in [3.05, 3.63) is 154 Å². The SMILES string of the molecule is C#CCC(=O)O.CC1(CCCCCC(=O)O)N=N1.CCC(=O)O.O=C(O)CCCCNC(=O)c1cc2cc(F)c(O)c(F)c2oc1=O.O=C(O)CCCc1ccc(C(=O)c2cccc(C(=O)O)c2)cc1.[N-]=[N+]=NCC(=O)O.[N-]=[N+]=Nc1c(F)c(O)c(C(=O)NCCCCC(=O)O)c(F)c1F. The average Bonchev–Trinajstić information content (AvgIpc) is 0.990. The van der Waals surface area contributed by atoms with E-state index in [4.69, 9.17) is 57.0 Å². The lowest BCUT2D eigenvalue weighted by Crippen LogP contribution is -2.29. The first-order valence-corrected chi connectivity index (χ1v) is 29.1. The Morgan fingerprint density at radius 2 is 1.12 bits per heavy atom. The molecule has 100 heavy (non-hydrogen) atoms. The number of nitrogens with one attached hydrogen (secondary N) is 2. The highest BCUT2D eigenvalue weighted by Crippen LogP contribution is 2.36. The Balaban J connectivity index is 0.00000122. The Kier molecular flexibility index (Phi) is 40.8. The first kappa shape index (κ1) is 87.5. The number of fused-ring (bicyclic) bond motifs is 1. The number of terminal acetylenes is 1. The van der Waals surface area contributed by atoms with E-state index in [-0.39, 0.29) is 86.9 Å². The van der Waals surface area contributed by atoms with Gasteiger partial charge in [-0.1, -0.05) is 65.9 Å². The number of hydrogen-bond donors (Lipinski definition) is 12. The summed E-state index contributed by atoms with van der Waals surface area (Å²) >= 11 is 0. The average molecular weight is 1420 g/mol. The molecule has 0 unspecified atom stereocenters. The summed E-state index contributed by atoms with van der Waals surface area (Å²) in [6, 6.07) is 14.5. The van der Waals surface area contributed by atoms with Gasteiger partial charge >= 0.3 is 53.4 Å². The molecule has 1 aromatic heterocycles. The number of carbonyl (C=O) groups is 11. The van der Waals surface area contributed by atoms with Gasteiger partial charge in [-0.05, 0) is 106 Å². The van der Waals surface area contributed by atoms with Gasteiger partial charge in [0.05, 0.1) is 5.56 Å². The number of halogens is 5. The van der Waals surface area contributed by atoms with Gasteiger partial charge in [0.1, 0.15) is 29.8 Å². The fourth-order valence-corrected chi connectivity index (χ4v) is 7.21. The highest BCUT2D eigenvalue weighted by atomic mass is 19.2. The van der Waals surface area contributed by atoms with E-state index in [2.05, 4.69) is 51.8 Å². The van der Waals surface area contributed by atoms with Gasteiger partial charge in [-0.2, -0.15) is 14.6 Å². The van der Waals surface area contributed by atoms with E-state index in [1.54, 1.807) is 37.3 Å². The number of aryl methyl sites for hydroxylation is 1. The van der Waals surface area contributed by atoms with Crippen LogP contribution in [0.4, 0.5) is 27.6 Å². The Labute approximate surface area is 561 Å². The summed E-state index contributed by atoms with van der Waals surface area (Å²) in [5.74, 6) is -18.8. The highest BCUT2D eigenvalue weighted by Gasteiger charge is 2.32. The van der Waals surface area contributed by atoms with Crippen LogP contribution in [-0.2, 0) is 40.0 Å². The van der Waals surface area contributed by atoms with Gasteiger partial charge < -0.3 is 66.1 Å². The van der Waals surface area contributed by atoms with E-state index in [1.165, 1.54) is 18.2 Å². The minimum Gasteiger partial charge on any atom is -0.504 e. The zero-order valence-electron chi connectivity index (χ0n) is 53.0. The summed E-state index contributed by atoms with van der Waals surface area (Å²) in [4.78, 5) is 133. The van der Waals surface area contributed by atoms with Crippen molar-refractivity contribution in [2.75, 3.05) is 19.6 Å². The van der Waals surface area contributed by atoms with E-state index < -0.39 is 135 Å². The van der Waals surface area contributed by atoms with Crippen LogP contribution in [0, 0.1) is 41.4 Å². The molecule has 0 saturated carbocycles. The van der Waals surface area contributed by atoms with Crippen LogP contribution in [0.1, 0.15) is 163 Å². The van der Waals surface area contributed by atoms with Crippen LogP contribution in [0.3, 0.4) is 0 Å². The molecular formula is C62H67F5N10O23. The molecule has 0 radical (unpaired) electrons. The van der Waals surface area contributed by atoms with Gasteiger partial charge in [-0.25, -0.2) is 27.2 Å². The van der Waals surface area contributed by atoms with Crippen LogP contribution in [0.5, 0.6) is 11.5 Å². The van der Waals surface area contributed by atoms with Crippen molar-refractivity contribution < 1.29 is 130 Å². The van der Waals surface area contributed by atoms with Gasteiger partial charge in [0.25, 0.3) is 11.8 Å². The molecule has 6 rings (SSSR count). The van der Waals surface area contributed by atoms with Crippen molar-refractivity contribution in [3.8, 4) is 23.8 Å². The maximum Gasteiger partial charge on any atom is 0.349 e. The van der Waals surface area contributed by atoms with E-state index >= 15 is 0 Å². The van der Waals surface area contributed by atoms with Crippen molar-refractivity contribution >= 4 is 82.0 Å². The molecule has 538 valence electrons. The van der Waals surface area contributed by atoms with Crippen molar-refractivity contribution in [1.82, 2.24) is 10.6 Å². The van der Waals surface area contributed by atoms with Gasteiger partial charge in [0, 0.05) is 71.5 Å². The van der Waals surface area contributed by atoms with Crippen LogP contribution < -0.4 is 16.3 Å². The second-order valence-electron chi connectivity index (χ2n) is 20.1. The Hall–Kier alpha value is -12.5. The van der Waals surface area contributed by atoms with E-state index in [0.717, 1.165) is 43.4 Å². The standard InChI is InChI=1S/C18H16O5.C15H13F2NO6.C12H11F3N4O4.C8H14N2O2.C4H4O2.C3H6O2.C2H3N3O2/c19-16(20)6-1-3-12-7-9-13(10-8-12)17(21)14-4-2-5-15(11-14)18(22)23;16-9-6-7-5-8(14(22)18-4-2-1-3-10(19)20)15(23)24-13(7)11(17)12(9)21;13-7-6(12(23)17-4-2-1-3-5(20)21)11(22)9(15)10(8(7)14)18-19-16;1-8(9-10-8)6-4-2-3-5-7(11)12;1-2-3-4(5)6;1-2-3(4)5;3-5-4-1-2(6)7/h2,4-5,7-11H,1,3,6H2,(H,19,20)(H,22,23);5-6,21H,1-4H2,(H,18,22)(H,19,20);22H,1-4H2,(H,17,23)(H,20,21);2-6H2,1H3,(H,11,12);1H,3H2,(H,5,6);2H2,1H3,(H,4,5);1H2,(H,6,7). The number of rotatable bonds is 30. The lowest BCUT2D eigenvalue weighted by molar-refractivity contribution is -0.138. The molecule has 38 heteroatoms. The van der Waals surface area contributed by atoms with Crippen LogP contribution in [-0.4, -0.2) is 142 Å². The fraction of sp³-hybridized carbons (Fsp3) is 0.355. The molecular weight excluding hydrogens is 1350 g/mol. The molecule has 2 amide bonds. The normalized spacial score (nSPS) is 10.6. The Bertz CT molecular complexity index is 3930. The zero-order valence-corrected chi connectivity index (χ0v) is 53.0. The van der Waals surface area contributed by atoms with Gasteiger partial charge in [-0.15, -0.1) is 6.42 Å². The first-order chi connectivity index (χ1) is 47.0. The molecule has 0 fully saturated rings. The van der Waals surface area contributed by atoms with Crippen LogP contribution in [0.2, 0.25) is 0 Å². The van der Waals surface area contributed by atoms with Gasteiger partial charge in [0.2, 0.25) is 5.82 Å². The second kappa shape index (κ2) is 46.6. The number of carboxylic acids is 8. The molecule has 0 atom stereocenters. The Morgan fingerprint density at radius 1 is 0.600 bits per heavy atom. The zero-order chi connectivity index (χ0) is 76.2. The van der Waals surface area contributed by atoms with Crippen molar-refractivity contribution in [3.63, 3.8) is 0 Å². The predicted molar refractivity (Wildman–Crippen MR) is 337 cm³/mol. The Morgan fingerprint density at radius 3 is 1.57 bits per heavy atom. The molecule has 2 heterocycles. The molecule has 5 aromatic rings. The molecule has 12 N–H and O–H groups in total. The van der Waals surface area contributed by atoms with Crippen LogP contribution >= 0.6 is 0 Å². The molecule has 1 aliphatic rings. The number of carbonyl (C=O) groups excluding carboxylic acids is 3. The second-order valence-corrected chi connectivity index (χ2v) is 20.1. The molecule has 4 aromatic carbocycles. The third-order valence-electron chi connectivity index (χ3n) is 12.2. The lowest BCUT2D eigenvalue weighted by Gasteiger charge is -2.10. The molecule has 0 aliphatic carbocycles. The number of aromatic carboxylic acids is 1. The number of azide groups is 2. The molecule has 0 saturated heterocycles. The van der Waals surface area contributed by atoms with Gasteiger partial charge in [-0.3, -0.25) is 47.9 Å². The number of hydrogen-bond acceptors (Lipinski definition) is 19. The summed E-state index contributed by atoms with van der Waals surface area (Å²) in [5, 5.41) is 102. The molecule has 33 nitrogen and oxygen atoms in total. The van der Waals surface area contributed by atoms with Crippen molar-refractivity contribution in [1.29, 1.82) is 0 Å². The topological polar surface area (TPSA) is 567 Å². The largest absolute Gasteiger partial charge is 0.504 e. The molecule has 0 spiro atoms. The number of carboxylic acid groups (broad SMARTS) is 8. The number of ketones is 1. The number of nitrogens with zero attached hydrogens (tertiary/aromatic N) is 8. The minimum absolute atomic E-state index is 0.0456. The summed E-state index contributed by atoms with van der Waals surface area (Å²) in [6.45, 7) is 3.15. The van der Waals surface area contributed by atoms with Crippen LogP contribution in [0.15, 0.2) is 90.3 Å². The summed E-state index contributed by atoms with van der Waals surface area (Å²) in [6.07, 6.45) is 10.9. The fourth-order valence-electron chi connectivity index (χ4n) is 7.21. The van der Waals surface area contributed by atoms with E-state index in [9.17, 15) is 84.6 Å².